The first-order valence-corrected chi connectivity index (χ1v) is 8.10. The van der Waals surface area contributed by atoms with Crippen molar-refractivity contribution in [3.8, 4) is 0 Å². The average molecular weight is 283 g/mol. The Kier molecular flexibility index (Phi) is 6.10. The van der Waals surface area contributed by atoms with E-state index in [9.17, 15) is 9.90 Å². The lowest BCUT2D eigenvalue weighted by Gasteiger charge is -2.34. The van der Waals surface area contributed by atoms with Crippen LogP contribution in [-0.4, -0.2) is 66.3 Å². The van der Waals surface area contributed by atoms with Crippen molar-refractivity contribution in [2.24, 2.45) is 5.92 Å². The van der Waals surface area contributed by atoms with Gasteiger partial charge in [0.15, 0.2) is 0 Å². The van der Waals surface area contributed by atoms with Crippen LogP contribution in [0.3, 0.4) is 0 Å². The van der Waals surface area contributed by atoms with Gasteiger partial charge in [-0.1, -0.05) is 6.92 Å². The van der Waals surface area contributed by atoms with Crippen molar-refractivity contribution in [2.45, 2.75) is 45.1 Å². The lowest BCUT2D eigenvalue weighted by Crippen LogP contribution is -2.49. The summed E-state index contributed by atoms with van der Waals surface area (Å²) < 4.78 is 0. The monoisotopic (exact) mass is 283 g/mol. The zero-order chi connectivity index (χ0) is 14.4. The number of hydrogen-bond acceptors (Lipinski definition) is 3. The Balaban J connectivity index is 1.53. The molecule has 0 saturated carbocycles. The van der Waals surface area contributed by atoms with E-state index in [4.69, 9.17) is 0 Å². The van der Waals surface area contributed by atoms with E-state index in [1.54, 1.807) is 4.90 Å². The number of carbonyl (C=O) groups is 1. The molecule has 2 aliphatic rings. The summed E-state index contributed by atoms with van der Waals surface area (Å²) in [4.78, 5) is 16.2. The number of aliphatic hydroxyl groups is 1. The molecule has 2 rings (SSSR count). The second-order valence-corrected chi connectivity index (χ2v) is 6.27. The Morgan fingerprint density at radius 2 is 2.00 bits per heavy atom. The van der Waals surface area contributed by atoms with Crippen LogP contribution < -0.4 is 5.32 Å². The first-order valence-electron chi connectivity index (χ1n) is 8.10. The fourth-order valence-corrected chi connectivity index (χ4v) is 3.01. The summed E-state index contributed by atoms with van der Waals surface area (Å²) in [7, 11) is 0. The molecule has 0 aliphatic carbocycles. The highest BCUT2D eigenvalue weighted by atomic mass is 16.3. The van der Waals surface area contributed by atoms with E-state index in [0.717, 1.165) is 38.9 Å². The summed E-state index contributed by atoms with van der Waals surface area (Å²) in [5.41, 5.74) is 0. The number of urea groups is 1. The van der Waals surface area contributed by atoms with Crippen LogP contribution in [0.4, 0.5) is 4.79 Å². The zero-order valence-corrected chi connectivity index (χ0v) is 12.7. The molecule has 2 saturated heterocycles. The van der Waals surface area contributed by atoms with Crippen molar-refractivity contribution in [1.29, 1.82) is 0 Å². The minimum absolute atomic E-state index is 0.0166. The standard InChI is InChI=1S/C15H29N3O2/c1-13-6-11-18(12-14(13)19)15(20)16-7-2-3-8-17-9-4-5-10-17/h13-14,19H,2-12H2,1H3,(H,16,20). The fourth-order valence-electron chi connectivity index (χ4n) is 3.01. The van der Waals surface area contributed by atoms with Gasteiger partial charge in [-0.25, -0.2) is 4.79 Å². The van der Waals surface area contributed by atoms with E-state index >= 15 is 0 Å². The number of hydrogen-bond donors (Lipinski definition) is 2. The van der Waals surface area contributed by atoms with E-state index in [2.05, 4.69) is 10.2 Å². The summed E-state index contributed by atoms with van der Waals surface area (Å²) in [6, 6.07) is -0.0166. The molecule has 2 atom stereocenters. The molecule has 5 heteroatoms. The number of β-amino-alcohol motifs (C(OH)–C–C–N with tert-alkyl or cyclic N) is 1. The number of unbranched alkanes of at least 4 members (excludes halogenated alkanes) is 1. The molecule has 0 aromatic rings. The number of rotatable bonds is 5. The lowest BCUT2D eigenvalue weighted by molar-refractivity contribution is 0.0436. The van der Waals surface area contributed by atoms with Crippen LogP contribution in [0.25, 0.3) is 0 Å². The molecular formula is C15H29N3O2. The molecule has 20 heavy (non-hydrogen) atoms. The van der Waals surface area contributed by atoms with Crippen molar-refractivity contribution in [1.82, 2.24) is 15.1 Å². The SMILES string of the molecule is CC1CCN(C(=O)NCCCCN2CCCC2)CC1O. The van der Waals surface area contributed by atoms with Crippen molar-refractivity contribution in [3.05, 3.63) is 0 Å². The predicted octanol–water partition coefficient (Wildman–Crippen LogP) is 1.27. The fraction of sp³-hybridized carbons (Fsp3) is 0.933. The Bertz CT molecular complexity index is 305. The minimum Gasteiger partial charge on any atom is -0.391 e. The van der Waals surface area contributed by atoms with Crippen LogP contribution in [0.15, 0.2) is 0 Å². The van der Waals surface area contributed by atoms with Gasteiger partial charge in [-0.05, 0) is 57.7 Å². The topological polar surface area (TPSA) is 55.8 Å². The van der Waals surface area contributed by atoms with E-state index in [1.807, 2.05) is 6.92 Å². The molecule has 0 aromatic carbocycles. The van der Waals surface area contributed by atoms with Crippen LogP contribution in [0.2, 0.25) is 0 Å². The molecule has 0 spiro atoms. The summed E-state index contributed by atoms with van der Waals surface area (Å²) in [5, 5.41) is 12.8. The van der Waals surface area contributed by atoms with E-state index < -0.39 is 0 Å². The highest BCUT2D eigenvalue weighted by Gasteiger charge is 2.26. The van der Waals surface area contributed by atoms with E-state index in [0.29, 0.717) is 12.5 Å². The van der Waals surface area contributed by atoms with Crippen LogP contribution in [-0.2, 0) is 0 Å². The van der Waals surface area contributed by atoms with Gasteiger partial charge < -0.3 is 20.2 Å². The van der Waals surface area contributed by atoms with Gasteiger partial charge in [-0.3, -0.25) is 0 Å². The average Bonchev–Trinajstić information content (AvgIpc) is 2.94. The summed E-state index contributed by atoms with van der Waals surface area (Å²) in [6.45, 7) is 7.67. The molecule has 2 fully saturated rings. The van der Waals surface area contributed by atoms with Gasteiger partial charge in [-0.15, -0.1) is 0 Å². The second-order valence-electron chi connectivity index (χ2n) is 6.27. The Morgan fingerprint density at radius 3 is 2.70 bits per heavy atom. The van der Waals surface area contributed by atoms with Crippen LogP contribution in [0.1, 0.15) is 39.0 Å². The third-order valence-electron chi connectivity index (χ3n) is 4.58. The molecule has 116 valence electrons. The quantitative estimate of drug-likeness (QED) is 0.747. The third kappa shape index (κ3) is 4.63. The molecule has 5 nitrogen and oxygen atoms in total. The number of nitrogens with zero attached hydrogens (tertiary/aromatic N) is 2. The van der Waals surface area contributed by atoms with Crippen LogP contribution in [0.5, 0.6) is 0 Å². The molecule has 2 unspecified atom stereocenters. The van der Waals surface area contributed by atoms with Crippen LogP contribution >= 0.6 is 0 Å². The summed E-state index contributed by atoms with van der Waals surface area (Å²) in [5.74, 6) is 0.305. The van der Waals surface area contributed by atoms with Gasteiger partial charge in [0.2, 0.25) is 0 Å². The zero-order valence-electron chi connectivity index (χ0n) is 12.7. The molecule has 0 aromatic heterocycles. The number of amides is 2. The maximum atomic E-state index is 12.0. The predicted molar refractivity (Wildman–Crippen MR) is 79.7 cm³/mol. The Morgan fingerprint density at radius 1 is 1.25 bits per heavy atom. The van der Waals surface area contributed by atoms with Crippen molar-refractivity contribution in [3.63, 3.8) is 0 Å². The Hall–Kier alpha value is -0.810. The number of likely N-dealkylation sites (tertiary alicyclic amines) is 2. The summed E-state index contributed by atoms with van der Waals surface area (Å²) >= 11 is 0. The van der Waals surface area contributed by atoms with Crippen LogP contribution in [0, 0.1) is 5.92 Å². The van der Waals surface area contributed by atoms with Gasteiger partial charge in [-0.2, -0.15) is 0 Å². The van der Waals surface area contributed by atoms with Gasteiger partial charge in [0.05, 0.1) is 6.10 Å². The molecule has 2 heterocycles. The normalized spacial score (nSPS) is 27.8. The highest BCUT2D eigenvalue weighted by molar-refractivity contribution is 5.74. The summed E-state index contributed by atoms with van der Waals surface area (Å²) in [6.07, 6.45) is 5.39. The smallest absolute Gasteiger partial charge is 0.317 e. The van der Waals surface area contributed by atoms with Crippen molar-refractivity contribution < 1.29 is 9.90 Å². The lowest BCUT2D eigenvalue weighted by atomic mass is 9.96. The minimum atomic E-state index is -0.371. The van der Waals surface area contributed by atoms with Gasteiger partial charge in [0.25, 0.3) is 0 Å². The number of aliphatic hydroxyl groups excluding tert-OH is 1. The molecule has 2 N–H and O–H groups in total. The molecular weight excluding hydrogens is 254 g/mol. The maximum absolute atomic E-state index is 12.0. The molecule has 2 amide bonds. The third-order valence-corrected chi connectivity index (χ3v) is 4.58. The van der Waals surface area contributed by atoms with E-state index in [1.165, 1.54) is 25.9 Å². The van der Waals surface area contributed by atoms with Gasteiger partial charge in [0, 0.05) is 19.6 Å². The second kappa shape index (κ2) is 7.84. The Labute approximate surface area is 122 Å². The number of nitrogens with one attached hydrogen (secondary N) is 1. The largest absolute Gasteiger partial charge is 0.391 e. The first-order chi connectivity index (χ1) is 9.66. The number of carbonyl (C=O) groups excluding carboxylic acids is 1. The maximum Gasteiger partial charge on any atom is 0.317 e. The highest BCUT2D eigenvalue weighted by Crippen LogP contribution is 2.16. The number of piperidine rings is 1. The van der Waals surface area contributed by atoms with Crippen molar-refractivity contribution >= 4 is 6.03 Å². The van der Waals surface area contributed by atoms with Gasteiger partial charge in [0.1, 0.15) is 0 Å². The van der Waals surface area contributed by atoms with Gasteiger partial charge >= 0.3 is 6.03 Å². The first kappa shape index (κ1) is 15.6. The van der Waals surface area contributed by atoms with Crippen molar-refractivity contribution in [2.75, 3.05) is 39.3 Å². The molecule has 0 bridgehead atoms. The molecule has 2 aliphatic heterocycles. The van der Waals surface area contributed by atoms with E-state index in [-0.39, 0.29) is 12.1 Å². The molecule has 0 radical (unpaired) electrons.